The van der Waals surface area contributed by atoms with Crippen molar-refractivity contribution < 1.29 is 19.1 Å². The van der Waals surface area contributed by atoms with Crippen molar-refractivity contribution >= 4 is 40.4 Å². The fraction of sp³-hybridized carbons (Fsp3) is 0.500. The fourth-order valence-corrected chi connectivity index (χ4v) is 3.83. The third kappa shape index (κ3) is 6.09. The number of rotatable bonds is 9. The topological polar surface area (TPSA) is 88.1 Å². The van der Waals surface area contributed by atoms with Gasteiger partial charge in [0, 0.05) is 25.2 Å². The molecule has 0 saturated heterocycles. The summed E-state index contributed by atoms with van der Waals surface area (Å²) in [6.45, 7) is 7.91. The van der Waals surface area contributed by atoms with E-state index in [1.54, 1.807) is 24.3 Å². The number of thioether (sulfide) groups is 1. The van der Waals surface area contributed by atoms with Gasteiger partial charge in [0.05, 0.1) is 12.2 Å². The zero-order valence-electron chi connectivity index (χ0n) is 16.6. The van der Waals surface area contributed by atoms with Crippen LogP contribution in [0.4, 0.5) is 5.69 Å². The number of nitrogens with zero attached hydrogens (tertiary/aromatic N) is 2. The van der Waals surface area contributed by atoms with Gasteiger partial charge in [0.1, 0.15) is 5.25 Å². The number of carbonyl (C=O) groups excluding carboxylic acids is 3. The zero-order chi connectivity index (χ0) is 20.5. The number of benzene rings is 1. The van der Waals surface area contributed by atoms with Crippen LogP contribution in [0.25, 0.3) is 0 Å². The van der Waals surface area contributed by atoms with Gasteiger partial charge in [-0.3, -0.25) is 9.59 Å². The Morgan fingerprint density at radius 3 is 2.68 bits per heavy atom. The molecule has 1 aliphatic heterocycles. The predicted molar refractivity (Wildman–Crippen MR) is 112 cm³/mol. The number of hydrogen-bond donors (Lipinski definition) is 1. The van der Waals surface area contributed by atoms with Gasteiger partial charge in [0.25, 0.3) is 5.91 Å². The van der Waals surface area contributed by atoms with Crippen molar-refractivity contribution in [3.63, 3.8) is 0 Å². The summed E-state index contributed by atoms with van der Waals surface area (Å²) >= 11 is 1.33. The fourth-order valence-electron chi connectivity index (χ4n) is 2.64. The molecule has 152 valence electrons. The van der Waals surface area contributed by atoms with Crippen LogP contribution in [0, 0.1) is 0 Å². The maximum absolute atomic E-state index is 12.4. The van der Waals surface area contributed by atoms with E-state index in [1.807, 2.05) is 25.7 Å². The first-order chi connectivity index (χ1) is 13.5. The van der Waals surface area contributed by atoms with Crippen molar-refractivity contribution in [2.75, 3.05) is 25.0 Å². The van der Waals surface area contributed by atoms with Gasteiger partial charge in [0.15, 0.2) is 5.17 Å². The molecule has 1 N–H and O–H groups in total. The maximum atomic E-state index is 12.4. The number of aliphatic imine (C=N–C) groups is 1. The molecule has 8 heteroatoms. The summed E-state index contributed by atoms with van der Waals surface area (Å²) in [4.78, 5) is 42.6. The number of unbranched alkanes of at least 4 members (excludes halogenated alkanes) is 1. The molecule has 0 bridgehead atoms. The molecule has 0 aliphatic carbocycles. The first-order valence-electron chi connectivity index (χ1n) is 9.59. The van der Waals surface area contributed by atoms with Gasteiger partial charge in [-0.1, -0.05) is 31.2 Å². The van der Waals surface area contributed by atoms with Crippen molar-refractivity contribution in [3.05, 3.63) is 29.8 Å². The Bertz CT molecular complexity index is 747. The monoisotopic (exact) mass is 405 g/mol. The normalized spacial score (nSPS) is 15.9. The minimum absolute atomic E-state index is 0.0307. The number of amides is 2. The number of amidine groups is 1. The van der Waals surface area contributed by atoms with E-state index in [1.165, 1.54) is 11.8 Å². The van der Waals surface area contributed by atoms with Gasteiger partial charge >= 0.3 is 5.97 Å². The molecule has 0 aromatic heterocycles. The lowest BCUT2D eigenvalue weighted by molar-refractivity contribution is -0.121. The van der Waals surface area contributed by atoms with E-state index in [9.17, 15) is 14.4 Å². The molecule has 0 spiro atoms. The second kappa shape index (κ2) is 10.8. The highest BCUT2D eigenvalue weighted by Crippen LogP contribution is 2.27. The minimum atomic E-state index is -0.516. The molecule has 1 heterocycles. The highest BCUT2D eigenvalue weighted by molar-refractivity contribution is 8.15. The second-order valence-electron chi connectivity index (χ2n) is 6.33. The number of carbonyl (C=O) groups is 3. The molecule has 0 saturated carbocycles. The molecule has 28 heavy (non-hydrogen) atoms. The quantitative estimate of drug-likeness (QED) is 0.501. The largest absolute Gasteiger partial charge is 0.462 e. The lowest BCUT2D eigenvalue weighted by Crippen LogP contribution is -2.27. The van der Waals surface area contributed by atoms with Gasteiger partial charge in [0.2, 0.25) is 5.91 Å². The van der Waals surface area contributed by atoms with E-state index < -0.39 is 11.2 Å². The Morgan fingerprint density at radius 2 is 2.00 bits per heavy atom. The highest BCUT2D eigenvalue weighted by atomic mass is 32.2. The van der Waals surface area contributed by atoms with E-state index in [0.717, 1.165) is 25.9 Å². The first kappa shape index (κ1) is 21.9. The average molecular weight is 406 g/mol. The average Bonchev–Trinajstić information content (AvgIpc) is 3.03. The molecule has 2 amide bonds. The van der Waals surface area contributed by atoms with Crippen molar-refractivity contribution in [2.24, 2.45) is 4.99 Å². The van der Waals surface area contributed by atoms with E-state index in [-0.39, 0.29) is 18.2 Å². The summed E-state index contributed by atoms with van der Waals surface area (Å²) in [5.74, 6) is -0.989. The Balaban J connectivity index is 1.91. The van der Waals surface area contributed by atoms with Gasteiger partial charge < -0.3 is 15.0 Å². The van der Waals surface area contributed by atoms with Crippen LogP contribution in [0.1, 0.15) is 50.4 Å². The van der Waals surface area contributed by atoms with Gasteiger partial charge in [-0.2, -0.15) is 4.99 Å². The van der Waals surface area contributed by atoms with E-state index in [0.29, 0.717) is 23.0 Å². The van der Waals surface area contributed by atoms with Crippen LogP contribution in [-0.2, 0) is 14.3 Å². The molecule has 1 unspecified atom stereocenters. The Labute approximate surface area is 169 Å². The van der Waals surface area contributed by atoms with Gasteiger partial charge in [-0.05, 0) is 38.5 Å². The lowest BCUT2D eigenvalue weighted by Gasteiger charge is -2.19. The summed E-state index contributed by atoms with van der Waals surface area (Å²) in [6.07, 6.45) is 1.79. The minimum Gasteiger partial charge on any atom is -0.462 e. The summed E-state index contributed by atoms with van der Waals surface area (Å²) < 4.78 is 5.19. The first-order valence-corrected chi connectivity index (χ1v) is 10.5. The smallest absolute Gasteiger partial charge is 0.338 e. The van der Waals surface area contributed by atoms with Crippen LogP contribution in [0.2, 0.25) is 0 Å². The van der Waals surface area contributed by atoms with E-state index >= 15 is 0 Å². The van der Waals surface area contributed by atoms with Crippen LogP contribution in [0.3, 0.4) is 0 Å². The standard InChI is InChI=1S/C20H27N3O4S/c1-4-7-11-27-19(26)14-9-8-10-15(12-14)21-17(24)13-16-18(25)22-20(28-16)23(5-2)6-3/h8-10,12,16H,4-7,11,13H2,1-3H3,(H,21,24). The Morgan fingerprint density at radius 1 is 1.25 bits per heavy atom. The molecular formula is C20H27N3O4S. The molecule has 0 fully saturated rings. The molecule has 1 aromatic rings. The van der Waals surface area contributed by atoms with E-state index in [2.05, 4.69) is 10.3 Å². The Kier molecular flexibility index (Phi) is 8.50. The van der Waals surface area contributed by atoms with Crippen molar-refractivity contribution in [1.29, 1.82) is 0 Å². The van der Waals surface area contributed by atoms with Crippen LogP contribution in [0.15, 0.2) is 29.3 Å². The predicted octanol–water partition coefficient (Wildman–Crippen LogP) is 3.31. The van der Waals surface area contributed by atoms with Crippen LogP contribution in [0.5, 0.6) is 0 Å². The molecular weight excluding hydrogens is 378 g/mol. The lowest BCUT2D eigenvalue weighted by atomic mass is 10.2. The van der Waals surface area contributed by atoms with Crippen LogP contribution in [-0.4, -0.2) is 52.8 Å². The summed E-state index contributed by atoms with van der Waals surface area (Å²) in [7, 11) is 0. The number of hydrogen-bond acceptors (Lipinski definition) is 6. The maximum Gasteiger partial charge on any atom is 0.338 e. The highest BCUT2D eigenvalue weighted by Gasteiger charge is 2.32. The molecule has 1 aromatic carbocycles. The van der Waals surface area contributed by atoms with Crippen LogP contribution < -0.4 is 5.32 Å². The number of ether oxygens (including phenoxy) is 1. The SMILES string of the molecule is CCCCOC(=O)c1cccc(NC(=O)CC2SC(N(CC)CC)=NC2=O)c1. The molecule has 0 radical (unpaired) electrons. The van der Waals surface area contributed by atoms with Crippen molar-refractivity contribution in [2.45, 2.75) is 45.3 Å². The molecule has 1 atom stereocenters. The summed E-state index contributed by atoms with van der Waals surface area (Å²) in [5, 5.41) is 2.90. The summed E-state index contributed by atoms with van der Waals surface area (Å²) in [6, 6.07) is 6.60. The van der Waals surface area contributed by atoms with Gasteiger partial charge in [-0.25, -0.2) is 4.79 Å². The number of nitrogens with one attached hydrogen (secondary N) is 1. The summed E-state index contributed by atoms with van der Waals surface area (Å²) in [5.41, 5.74) is 0.877. The molecule has 1 aliphatic rings. The number of anilines is 1. The number of esters is 1. The second-order valence-corrected chi connectivity index (χ2v) is 7.50. The Hall–Kier alpha value is -2.35. The third-order valence-corrected chi connectivity index (χ3v) is 5.46. The van der Waals surface area contributed by atoms with Crippen molar-refractivity contribution in [1.82, 2.24) is 4.90 Å². The molecule has 2 rings (SSSR count). The zero-order valence-corrected chi connectivity index (χ0v) is 17.4. The van der Waals surface area contributed by atoms with Crippen molar-refractivity contribution in [3.8, 4) is 0 Å². The molecule has 7 nitrogen and oxygen atoms in total. The van der Waals surface area contributed by atoms with Gasteiger partial charge in [-0.15, -0.1) is 0 Å². The van der Waals surface area contributed by atoms with Crippen LogP contribution >= 0.6 is 11.8 Å². The third-order valence-electron chi connectivity index (χ3n) is 4.25. The van der Waals surface area contributed by atoms with E-state index in [4.69, 9.17) is 4.74 Å².